The minimum atomic E-state index is 0.212. The number of morpholine rings is 1. The molecule has 0 saturated carbocycles. The summed E-state index contributed by atoms with van der Waals surface area (Å²) in [6, 6.07) is 8.82. The van der Waals surface area contributed by atoms with Crippen LogP contribution in [0.15, 0.2) is 28.7 Å². The minimum absolute atomic E-state index is 0.212. The van der Waals surface area contributed by atoms with Crippen LogP contribution in [-0.4, -0.2) is 44.3 Å². The van der Waals surface area contributed by atoms with Crippen LogP contribution >= 0.6 is 15.9 Å². The lowest BCUT2D eigenvalue weighted by Crippen LogP contribution is -2.49. The van der Waals surface area contributed by atoms with Crippen molar-refractivity contribution < 1.29 is 4.74 Å². The van der Waals surface area contributed by atoms with Crippen LogP contribution in [0.1, 0.15) is 24.9 Å². The molecule has 2 rings (SSSR count). The number of hydrogen-bond acceptors (Lipinski definition) is 3. The van der Waals surface area contributed by atoms with E-state index in [1.807, 2.05) is 7.05 Å². The molecule has 2 atom stereocenters. The maximum Gasteiger partial charge on any atom is 0.0896 e. The van der Waals surface area contributed by atoms with Crippen molar-refractivity contribution in [2.24, 2.45) is 0 Å². The number of rotatable bonds is 5. The predicted octanol–water partition coefficient (Wildman–Crippen LogP) is 2.82. The van der Waals surface area contributed by atoms with E-state index in [1.165, 1.54) is 16.5 Å². The topological polar surface area (TPSA) is 24.5 Å². The van der Waals surface area contributed by atoms with Gasteiger partial charge in [-0.2, -0.15) is 0 Å². The number of nitrogens with zero attached hydrogens (tertiary/aromatic N) is 1. The van der Waals surface area contributed by atoms with Gasteiger partial charge in [-0.25, -0.2) is 0 Å². The van der Waals surface area contributed by atoms with Gasteiger partial charge in [0.05, 0.1) is 18.8 Å². The van der Waals surface area contributed by atoms with Gasteiger partial charge in [0.25, 0.3) is 0 Å². The fraction of sp³-hybridized carbons (Fsp3) is 0.600. The summed E-state index contributed by atoms with van der Waals surface area (Å²) in [6.45, 7) is 6.08. The maximum atomic E-state index is 5.99. The average Bonchev–Trinajstić information content (AvgIpc) is 2.41. The summed E-state index contributed by atoms with van der Waals surface area (Å²) in [7, 11) is 1.99. The first-order valence-electron chi connectivity index (χ1n) is 7.02. The third-order valence-corrected chi connectivity index (χ3v) is 4.32. The first-order chi connectivity index (χ1) is 9.27. The van der Waals surface area contributed by atoms with Crippen molar-refractivity contribution in [3.8, 4) is 0 Å². The van der Waals surface area contributed by atoms with Crippen molar-refractivity contribution in [3.63, 3.8) is 0 Å². The summed E-state index contributed by atoms with van der Waals surface area (Å²) >= 11 is 3.69. The second-order valence-corrected chi connectivity index (χ2v) is 5.82. The summed E-state index contributed by atoms with van der Waals surface area (Å²) in [6.07, 6.45) is 1.39. The van der Waals surface area contributed by atoms with Crippen LogP contribution in [0, 0.1) is 0 Å². The van der Waals surface area contributed by atoms with Gasteiger partial charge >= 0.3 is 0 Å². The molecule has 1 aromatic carbocycles. The Kier molecular flexibility index (Phi) is 5.82. The third kappa shape index (κ3) is 3.57. The van der Waals surface area contributed by atoms with Crippen molar-refractivity contribution >= 4 is 15.9 Å². The van der Waals surface area contributed by atoms with Crippen LogP contribution in [0.4, 0.5) is 0 Å². The lowest BCUT2D eigenvalue weighted by Gasteiger charge is -2.42. The van der Waals surface area contributed by atoms with Crippen LogP contribution in [-0.2, 0) is 4.74 Å². The molecule has 1 saturated heterocycles. The molecule has 1 N–H and O–H groups in total. The molecule has 1 aliphatic heterocycles. The average molecular weight is 327 g/mol. The third-order valence-electron chi connectivity index (χ3n) is 3.60. The number of ether oxygens (including phenoxy) is 1. The fourth-order valence-electron chi connectivity index (χ4n) is 2.81. The number of hydrogen-bond donors (Lipinski definition) is 1. The highest BCUT2D eigenvalue weighted by Crippen LogP contribution is 2.33. The van der Waals surface area contributed by atoms with Crippen molar-refractivity contribution in [1.82, 2.24) is 10.2 Å². The van der Waals surface area contributed by atoms with E-state index in [9.17, 15) is 0 Å². The van der Waals surface area contributed by atoms with Crippen molar-refractivity contribution in [3.05, 3.63) is 34.3 Å². The van der Waals surface area contributed by atoms with Gasteiger partial charge in [-0.05, 0) is 31.6 Å². The highest BCUT2D eigenvalue weighted by Gasteiger charge is 2.33. The molecular formula is C15H23BrN2O. The van der Waals surface area contributed by atoms with E-state index in [0.29, 0.717) is 6.04 Å². The summed E-state index contributed by atoms with van der Waals surface area (Å²) in [5.74, 6) is 0. The van der Waals surface area contributed by atoms with Crippen LogP contribution in [0.25, 0.3) is 0 Å². The second-order valence-electron chi connectivity index (χ2n) is 4.97. The molecule has 106 valence electrons. The molecule has 1 fully saturated rings. The Balaban J connectivity index is 2.29. The molecule has 1 aromatic rings. The molecule has 0 aromatic heterocycles. The largest absolute Gasteiger partial charge is 0.374 e. The molecule has 0 amide bonds. The quantitative estimate of drug-likeness (QED) is 0.900. The maximum absolute atomic E-state index is 5.99. The van der Waals surface area contributed by atoms with Gasteiger partial charge in [-0.3, -0.25) is 4.90 Å². The minimum Gasteiger partial charge on any atom is -0.374 e. The normalized spacial score (nSPS) is 24.6. The molecular weight excluding hydrogens is 304 g/mol. The second kappa shape index (κ2) is 7.39. The highest BCUT2D eigenvalue weighted by molar-refractivity contribution is 9.10. The van der Waals surface area contributed by atoms with Crippen LogP contribution in [0.5, 0.6) is 0 Å². The molecule has 0 aliphatic carbocycles. The molecule has 0 radical (unpaired) electrons. The smallest absolute Gasteiger partial charge is 0.0896 e. The van der Waals surface area contributed by atoms with Gasteiger partial charge in [0.2, 0.25) is 0 Å². The number of halogens is 1. The molecule has 1 aliphatic rings. The van der Waals surface area contributed by atoms with Crippen molar-refractivity contribution in [1.29, 1.82) is 0 Å². The summed E-state index contributed by atoms with van der Waals surface area (Å²) < 4.78 is 7.17. The molecule has 1 heterocycles. The standard InChI is InChI=1S/C15H23BrN2O/c1-3-8-18-9-10-19-14(11-17-2)15(18)12-6-4-5-7-13(12)16/h4-7,14-15,17H,3,8-11H2,1-2H3. The number of benzene rings is 1. The molecule has 2 unspecified atom stereocenters. The lowest BCUT2D eigenvalue weighted by molar-refractivity contribution is -0.0706. The van der Waals surface area contributed by atoms with Gasteiger partial charge in [0.15, 0.2) is 0 Å². The van der Waals surface area contributed by atoms with E-state index in [4.69, 9.17) is 4.74 Å². The zero-order valence-electron chi connectivity index (χ0n) is 11.7. The van der Waals surface area contributed by atoms with Crippen LogP contribution < -0.4 is 5.32 Å². The molecule has 3 nitrogen and oxygen atoms in total. The first kappa shape index (κ1) is 15.0. The Labute approximate surface area is 124 Å². The Hall–Kier alpha value is -0.420. The van der Waals surface area contributed by atoms with Gasteiger partial charge in [0.1, 0.15) is 0 Å². The fourth-order valence-corrected chi connectivity index (χ4v) is 3.33. The zero-order valence-corrected chi connectivity index (χ0v) is 13.3. The number of nitrogens with one attached hydrogen (secondary N) is 1. The van der Waals surface area contributed by atoms with E-state index < -0.39 is 0 Å². The van der Waals surface area contributed by atoms with Gasteiger partial charge in [-0.1, -0.05) is 41.1 Å². The Bertz CT molecular complexity index is 381. The monoisotopic (exact) mass is 326 g/mol. The van der Waals surface area contributed by atoms with Gasteiger partial charge in [0, 0.05) is 17.6 Å². The Morgan fingerprint density at radius 1 is 1.42 bits per heavy atom. The van der Waals surface area contributed by atoms with Crippen LogP contribution in [0.3, 0.4) is 0 Å². The number of likely N-dealkylation sites (N-methyl/N-ethyl adjacent to an activating group) is 1. The van der Waals surface area contributed by atoms with Gasteiger partial charge < -0.3 is 10.1 Å². The van der Waals surface area contributed by atoms with Crippen molar-refractivity contribution in [2.45, 2.75) is 25.5 Å². The summed E-state index contributed by atoms with van der Waals surface area (Å²) in [5, 5.41) is 3.25. The molecule has 4 heteroatoms. The molecule has 19 heavy (non-hydrogen) atoms. The first-order valence-corrected chi connectivity index (χ1v) is 7.82. The van der Waals surface area contributed by atoms with E-state index in [0.717, 1.165) is 26.2 Å². The summed E-state index contributed by atoms with van der Waals surface area (Å²) in [5.41, 5.74) is 1.33. The highest BCUT2D eigenvalue weighted by atomic mass is 79.9. The van der Waals surface area contributed by atoms with E-state index >= 15 is 0 Å². The van der Waals surface area contributed by atoms with Gasteiger partial charge in [-0.15, -0.1) is 0 Å². The predicted molar refractivity (Wildman–Crippen MR) is 82.4 cm³/mol. The molecule has 0 bridgehead atoms. The zero-order chi connectivity index (χ0) is 13.7. The Morgan fingerprint density at radius 3 is 2.89 bits per heavy atom. The summed E-state index contributed by atoms with van der Waals surface area (Å²) in [4.78, 5) is 2.55. The van der Waals surface area contributed by atoms with E-state index in [2.05, 4.69) is 57.3 Å². The van der Waals surface area contributed by atoms with E-state index in [1.54, 1.807) is 0 Å². The lowest BCUT2D eigenvalue weighted by atomic mass is 9.97. The Morgan fingerprint density at radius 2 is 2.21 bits per heavy atom. The molecule has 0 spiro atoms. The van der Waals surface area contributed by atoms with Crippen molar-refractivity contribution in [2.75, 3.05) is 33.3 Å². The van der Waals surface area contributed by atoms with E-state index in [-0.39, 0.29) is 6.10 Å². The van der Waals surface area contributed by atoms with Crippen LogP contribution in [0.2, 0.25) is 0 Å². The SMILES string of the molecule is CCCN1CCOC(CNC)C1c1ccccc1Br.